The molecule has 1 rings (SSSR count). The van der Waals surface area contributed by atoms with Crippen molar-refractivity contribution in [3.63, 3.8) is 0 Å². The Labute approximate surface area is 85.5 Å². The number of rotatable bonds is 4. The van der Waals surface area contributed by atoms with Crippen molar-refractivity contribution in [2.45, 2.75) is 25.0 Å². The van der Waals surface area contributed by atoms with Crippen molar-refractivity contribution in [3.8, 4) is 0 Å². The summed E-state index contributed by atoms with van der Waals surface area (Å²) >= 11 is 0. The van der Waals surface area contributed by atoms with Crippen LogP contribution in [-0.2, 0) is 14.4 Å². The number of carbonyl (C=O) groups excluding carboxylic acids is 2. The molecule has 4 N–H and O–H groups in total. The van der Waals surface area contributed by atoms with E-state index in [4.69, 9.17) is 10.2 Å². The molecule has 1 unspecified atom stereocenters. The Balaban J connectivity index is 2.30. The molecule has 1 fully saturated rings. The van der Waals surface area contributed by atoms with Crippen molar-refractivity contribution < 1.29 is 24.6 Å². The van der Waals surface area contributed by atoms with E-state index in [1.54, 1.807) is 0 Å². The summed E-state index contributed by atoms with van der Waals surface area (Å²) in [5.41, 5.74) is 0. The SMILES string of the molecule is O=C1CC[C@@H](C(=O)NCC(O)C(=O)O)N1. The lowest BCUT2D eigenvalue weighted by atomic mass is 10.2. The molecule has 1 aliphatic heterocycles. The Hall–Kier alpha value is -1.63. The first-order valence-corrected chi connectivity index (χ1v) is 4.48. The molecule has 0 radical (unpaired) electrons. The van der Waals surface area contributed by atoms with Crippen LogP contribution >= 0.6 is 0 Å². The second kappa shape index (κ2) is 4.74. The van der Waals surface area contributed by atoms with Gasteiger partial charge in [-0.1, -0.05) is 0 Å². The number of amides is 2. The monoisotopic (exact) mass is 216 g/mol. The van der Waals surface area contributed by atoms with Crippen LogP contribution in [0.4, 0.5) is 0 Å². The quantitative estimate of drug-likeness (QED) is 0.426. The van der Waals surface area contributed by atoms with Gasteiger partial charge in [-0.25, -0.2) is 4.79 Å². The second-order valence-corrected chi connectivity index (χ2v) is 3.26. The maximum absolute atomic E-state index is 11.3. The fraction of sp³-hybridized carbons (Fsp3) is 0.625. The number of hydrogen-bond acceptors (Lipinski definition) is 4. The Morgan fingerprint density at radius 1 is 1.60 bits per heavy atom. The van der Waals surface area contributed by atoms with Gasteiger partial charge in [-0.3, -0.25) is 9.59 Å². The van der Waals surface area contributed by atoms with Gasteiger partial charge >= 0.3 is 5.97 Å². The van der Waals surface area contributed by atoms with E-state index in [0.29, 0.717) is 12.8 Å². The molecule has 7 nitrogen and oxygen atoms in total. The highest BCUT2D eigenvalue weighted by molar-refractivity contribution is 5.91. The Morgan fingerprint density at radius 2 is 2.27 bits per heavy atom. The van der Waals surface area contributed by atoms with E-state index in [2.05, 4.69) is 10.6 Å². The van der Waals surface area contributed by atoms with Crippen molar-refractivity contribution in [1.82, 2.24) is 10.6 Å². The maximum Gasteiger partial charge on any atom is 0.334 e. The summed E-state index contributed by atoms with van der Waals surface area (Å²) in [4.78, 5) is 32.3. The lowest BCUT2D eigenvalue weighted by Crippen LogP contribution is -2.45. The second-order valence-electron chi connectivity index (χ2n) is 3.26. The van der Waals surface area contributed by atoms with Gasteiger partial charge in [-0.05, 0) is 6.42 Å². The highest BCUT2D eigenvalue weighted by Crippen LogP contribution is 2.05. The molecule has 0 saturated carbocycles. The minimum absolute atomic E-state index is 0.200. The highest BCUT2D eigenvalue weighted by Gasteiger charge is 2.27. The summed E-state index contributed by atoms with van der Waals surface area (Å²) in [5, 5.41) is 21.9. The number of nitrogens with one attached hydrogen (secondary N) is 2. The van der Waals surface area contributed by atoms with E-state index < -0.39 is 24.0 Å². The lowest BCUT2D eigenvalue weighted by molar-refractivity contribution is -0.146. The fourth-order valence-corrected chi connectivity index (χ4v) is 1.22. The topological polar surface area (TPSA) is 116 Å². The number of aliphatic carboxylic acids is 1. The Bertz CT molecular complexity index is 291. The number of carbonyl (C=O) groups is 3. The van der Waals surface area contributed by atoms with E-state index in [1.807, 2.05) is 0 Å². The zero-order valence-corrected chi connectivity index (χ0v) is 7.90. The first kappa shape index (κ1) is 11.4. The van der Waals surface area contributed by atoms with Crippen LogP contribution < -0.4 is 10.6 Å². The van der Waals surface area contributed by atoms with Gasteiger partial charge in [0.15, 0.2) is 6.10 Å². The van der Waals surface area contributed by atoms with E-state index in [9.17, 15) is 14.4 Å². The van der Waals surface area contributed by atoms with Gasteiger partial charge < -0.3 is 20.8 Å². The molecule has 0 aromatic rings. The van der Waals surface area contributed by atoms with Crippen LogP contribution in [0, 0.1) is 0 Å². The van der Waals surface area contributed by atoms with Crippen LogP contribution in [0.5, 0.6) is 0 Å². The first-order chi connectivity index (χ1) is 7.00. The molecule has 1 heterocycles. The smallest absolute Gasteiger partial charge is 0.334 e. The molecular weight excluding hydrogens is 204 g/mol. The van der Waals surface area contributed by atoms with E-state index >= 15 is 0 Å². The Morgan fingerprint density at radius 3 is 2.73 bits per heavy atom. The fourth-order valence-electron chi connectivity index (χ4n) is 1.22. The number of aliphatic hydroxyl groups is 1. The number of hydrogen-bond donors (Lipinski definition) is 4. The lowest BCUT2D eigenvalue weighted by Gasteiger charge is -2.11. The first-order valence-electron chi connectivity index (χ1n) is 4.48. The third-order valence-corrected chi connectivity index (χ3v) is 2.07. The number of carboxylic acids is 1. The molecule has 2 atom stereocenters. The van der Waals surface area contributed by atoms with Crippen molar-refractivity contribution in [2.75, 3.05) is 6.54 Å². The van der Waals surface area contributed by atoms with Crippen molar-refractivity contribution >= 4 is 17.8 Å². The molecule has 15 heavy (non-hydrogen) atoms. The highest BCUT2D eigenvalue weighted by atomic mass is 16.4. The third-order valence-electron chi connectivity index (χ3n) is 2.07. The minimum Gasteiger partial charge on any atom is -0.479 e. The minimum atomic E-state index is -1.62. The number of aliphatic hydroxyl groups excluding tert-OH is 1. The summed E-state index contributed by atoms with van der Waals surface area (Å²) in [6, 6.07) is -0.613. The average molecular weight is 216 g/mol. The standard InChI is InChI=1S/C8H12N2O5/c11-5(8(14)15)3-9-7(13)4-1-2-6(12)10-4/h4-5,11H,1-3H2,(H,9,13)(H,10,12)(H,14,15)/t4-,5?/m0/s1. The molecule has 0 spiro atoms. The van der Waals surface area contributed by atoms with Crippen LogP contribution in [0.1, 0.15) is 12.8 Å². The normalized spacial score (nSPS) is 21.9. The van der Waals surface area contributed by atoms with Crippen molar-refractivity contribution in [1.29, 1.82) is 0 Å². The molecule has 84 valence electrons. The van der Waals surface area contributed by atoms with Gasteiger partial charge in [0.25, 0.3) is 0 Å². The summed E-state index contributed by atoms with van der Waals surface area (Å²) in [7, 11) is 0. The molecule has 7 heteroatoms. The third kappa shape index (κ3) is 3.21. The number of carboxylic acid groups (broad SMARTS) is 1. The zero-order valence-electron chi connectivity index (χ0n) is 7.90. The summed E-state index contributed by atoms with van der Waals surface area (Å²) in [6.45, 7) is -0.361. The summed E-state index contributed by atoms with van der Waals surface area (Å²) < 4.78 is 0. The Kier molecular flexibility index (Phi) is 3.62. The van der Waals surface area contributed by atoms with Crippen molar-refractivity contribution in [2.24, 2.45) is 0 Å². The maximum atomic E-state index is 11.3. The molecule has 0 bridgehead atoms. The molecule has 2 amide bonds. The summed E-state index contributed by atoms with van der Waals surface area (Å²) in [6.07, 6.45) is -0.931. The van der Waals surface area contributed by atoms with Crippen LogP contribution in [0.2, 0.25) is 0 Å². The van der Waals surface area contributed by atoms with Crippen molar-refractivity contribution in [3.05, 3.63) is 0 Å². The van der Waals surface area contributed by atoms with Crippen LogP contribution in [0.15, 0.2) is 0 Å². The van der Waals surface area contributed by atoms with Gasteiger partial charge in [0, 0.05) is 6.42 Å². The molecule has 0 aliphatic carbocycles. The van der Waals surface area contributed by atoms with Crippen LogP contribution in [0.25, 0.3) is 0 Å². The molecule has 0 aromatic heterocycles. The van der Waals surface area contributed by atoms with Gasteiger partial charge in [0.1, 0.15) is 6.04 Å². The van der Waals surface area contributed by atoms with E-state index in [0.717, 1.165) is 0 Å². The molecule has 0 aromatic carbocycles. The largest absolute Gasteiger partial charge is 0.479 e. The predicted molar refractivity (Wildman–Crippen MR) is 47.8 cm³/mol. The van der Waals surface area contributed by atoms with Gasteiger partial charge in [0.2, 0.25) is 11.8 Å². The van der Waals surface area contributed by atoms with Gasteiger partial charge in [0.05, 0.1) is 6.54 Å². The zero-order chi connectivity index (χ0) is 11.4. The van der Waals surface area contributed by atoms with E-state index in [-0.39, 0.29) is 12.5 Å². The van der Waals surface area contributed by atoms with Gasteiger partial charge in [-0.2, -0.15) is 0 Å². The summed E-state index contributed by atoms with van der Waals surface area (Å²) in [5.74, 6) is -2.07. The predicted octanol–water partition coefficient (Wildman–Crippen LogP) is -2.17. The molecule has 1 aliphatic rings. The molecular formula is C8H12N2O5. The van der Waals surface area contributed by atoms with E-state index in [1.165, 1.54) is 0 Å². The van der Waals surface area contributed by atoms with Crippen LogP contribution in [0.3, 0.4) is 0 Å². The molecule has 1 saturated heterocycles. The van der Waals surface area contributed by atoms with Gasteiger partial charge in [-0.15, -0.1) is 0 Å². The average Bonchev–Trinajstić information content (AvgIpc) is 2.60. The van der Waals surface area contributed by atoms with Crippen LogP contribution in [-0.4, -0.2) is 46.7 Å².